The maximum absolute atomic E-state index is 9.89. The van der Waals surface area contributed by atoms with Gasteiger partial charge in [-0.1, -0.05) is 68.7 Å². The van der Waals surface area contributed by atoms with Crippen molar-refractivity contribution in [1.82, 2.24) is 0 Å². The minimum absolute atomic E-state index is 0.00337. The van der Waals surface area contributed by atoms with Crippen LogP contribution in [0.25, 0.3) is 0 Å². The van der Waals surface area contributed by atoms with Crippen LogP contribution in [0.4, 0.5) is 0 Å². The monoisotopic (exact) mass is 284 g/mol. The zero-order valence-corrected chi connectivity index (χ0v) is 12.7. The molecule has 1 N–H and O–H groups in total. The van der Waals surface area contributed by atoms with E-state index in [1.807, 2.05) is 30.3 Å². The summed E-state index contributed by atoms with van der Waals surface area (Å²) in [5.74, 6) is 0.758. The molecule has 1 atom stereocenters. The lowest BCUT2D eigenvalue weighted by Crippen LogP contribution is -2.08. The van der Waals surface area contributed by atoms with Gasteiger partial charge in [-0.2, -0.15) is 0 Å². The van der Waals surface area contributed by atoms with E-state index in [9.17, 15) is 5.11 Å². The van der Waals surface area contributed by atoms with Gasteiger partial charge < -0.3 is 9.84 Å². The van der Waals surface area contributed by atoms with E-state index in [-0.39, 0.29) is 11.9 Å². The summed E-state index contributed by atoms with van der Waals surface area (Å²) < 4.78 is 6.06. The Morgan fingerprint density at radius 2 is 1.62 bits per heavy atom. The van der Waals surface area contributed by atoms with Gasteiger partial charge in [-0.05, 0) is 30.5 Å². The van der Waals surface area contributed by atoms with E-state index in [1.54, 1.807) is 12.1 Å². The minimum atomic E-state index is -0.00337. The van der Waals surface area contributed by atoms with Crippen molar-refractivity contribution in [3.8, 4) is 11.5 Å². The zero-order valence-electron chi connectivity index (χ0n) is 12.7. The fourth-order valence-corrected chi connectivity index (χ4v) is 2.43. The number of phenols is 1. The molecule has 0 fully saturated rings. The molecule has 2 rings (SSSR count). The van der Waals surface area contributed by atoms with E-state index in [4.69, 9.17) is 4.74 Å². The summed E-state index contributed by atoms with van der Waals surface area (Å²) >= 11 is 0. The Kier molecular flexibility index (Phi) is 6.14. The Balaban J connectivity index is 2.07. The third kappa shape index (κ3) is 4.82. The first-order valence-corrected chi connectivity index (χ1v) is 7.81. The second-order valence-electron chi connectivity index (χ2n) is 5.33. The van der Waals surface area contributed by atoms with E-state index in [0.29, 0.717) is 5.75 Å². The van der Waals surface area contributed by atoms with Crippen LogP contribution in [-0.2, 0) is 0 Å². The number of rotatable bonds is 8. The van der Waals surface area contributed by atoms with Crippen molar-refractivity contribution >= 4 is 0 Å². The quantitative estimate of drug-likeness (QED) is 0.650. The average Bonchev–Trinajstić information content (AvgIpc) is 2.53. The van der Waals surface area contributed by atoms with Gasteiger partial charge in [0.1, 0.15) is 6.10 Å². The van der Waals surface area contributed by atoms with Crippen LogP contribution in [0.2, 0.25) is 0 Å². The molecule has 0 radical (unpaired) electrons. The van der Waals surface area contributed by atoms with Crippen LogP contribution in [0, 0.1) is 0 Å². The van der Waals surface area contributed by atoms with Crippen LogP contribution < -0.4 is 4.74 Å². The Morgan fingerprint density at radius 3 is 2.33 bits per heavy atom. The van der Waals surface area contributed by atoms with Crippen molar-refractivity contribution in [2.45, 2.75) is 45.1 Å². The largest absolute Gasteiger partial charge is 0.504 e. The van der Waals surface area contributed by atoms with E-state index in [0.717, 1.165) is 18.4 Å². The van der Waals surface area contributed by atoms with E-state index in [1.165, 1.54) is 19.3 Å². The van der Waals surface area contributed by atoms with Gasteiger partial charge in [-0.3, -0.25) is 0 Å². The molecule has 0 amide bonds. The topological polar surface area (TPSA) is 29.5 Å². The molecule has 0 aliphatic carbocycles. The molecule has 1 unspecified atom stereocenters. The van der Waals surface area contributed by atoms with Crippen LogP contribution in [0.1, 0.15) is 50.7 Å². The van der Waals surface area contributed by atoms with Crippen LogP contribution in [0.5, 0.6) is 11.5 Å². The first-order valence-electron chi connectivity index (χ1n) is 7.81. The standard InChI is InChI=1S/C19H24O2/c1-2-3-4-8-14-18(16-11-6-5-7-12-16)21-19-15-10-9-13-17(19)20/h5-7,9-13,15,18,20H,2-4,8,14H2,1H3. The molecule has 0 saturated heterocycles. The number of phenolic OH excluding ortho intramolecular Hbond substituents is 1. The van der Waals surface area contributed by atoms with Crippen molar-refractivity contribution in [3.63, 3.8) is 0 Å². The fraction of sp³-hybridized carbons (Fsp3) is 0.368. The molecule has 112 valence electrons. The van der Waals surface area contributed by atoms with Gasteiger partial charge in [-0.25, -0.2) is 0 Å². The zero-order chi connectivity index (χ0) is 14.9. The maximum atomic E-state index is 9.89. The Labute approximate surface area is 127 Å². The van der Waals surface area contributed by atoms with Crippen molar-refractivity contribution in [1.29, 1.82) is 0 Å². The van der Waals surface area contributed by atoms with Gasteiger partial charge in [-0.15, -0.1) is 0 Å². The summed E-state index contributed by atoms with van der Waals surface area (Å²) in [5.41, 5.74) is 1.16. The predicted molar refractivity (Wildman–Crippen MR) is 86.7 cm³/mol. The van der Waals surface area contributed by atoms with Gasteiger partial charge in [0.25, 0.3) is 0 Å². The number of unbranched alkanes of at least 4 members (excludes halogenated alkanes) is 3. The van der Waals surface area contributed by atoms with Gasteiger partial charge in [0.2, 0.25) is 0 Å². The third-order valence-corrected chi connectivity index (χ3v) is 3.63. The predicted octanol–water partition coefficient (Wildman–Crippen LogP) is 5.48. The van der Waals surface area contributed by atoms with Gasteiger partial charge in [0.15, 0.2) is 11.5 Å². The van der Waals surface area contributed by atoms with Crippen LogP contribution in [-0.4, -0.2) is 5.11 Å². The van der Waals surface area contributed by atoms with Crippen LogP contribution in [0.15, 0.2) is 54.6 Å². The molecule has 2 heteroatoms. The second-order valence-corrected chi connectivity index (χ2v) is 5.33. The SMILES string of the molecule is CCCCCCC(Oc1ccccc1O)c1ccccc1. The van der Waals surface area contributed by atoms with Crippen molar-refractivity contribution in [3.05, 3.63) is 60.2 Å². The van der Waals surface area contributed by atoms with Crippen molar-refractivity contribution in [2.75, 3.05) is 0 Å². The molecule has 0 aliphatic rings. The normalized spacial score (nSPS) is 12.0. The first kappa shape index (κ1) is 15.4. The highest BCUT2D eigenvalue weighted by Crippen LogP contribution is 2.32. The number of ether oxygens (including phenoxy) is 1. The summed E-state index contributed by atoms with van der Waals surface area (Å²) in [6.45, 7) is 2.22. The van der Waals surface area contributed by atoms with Crippen molar-refractivity contribution in [2.24, 2.45) is 0 Å². The Hall–Kier alpha value is -1.96. The summed E-state index contributed by atoms with van der Waals surface area (Å²) in [7, 11) is 0. The fourth-order valence-electron chi connectivity index (χ4n) is 2.43. The average molecular weight is 284 g/mol. The molecule has 0 aliphatic heterocycles. The lowest BCUT2D eigenvalue weighted by atomic mass is 10.0. The molecular formula is C19H24O2. The molecule has 2 nitrogen and oxygen atoms in total. The molecule has 0 heterocycles. The lowest BCUT2D eigenvalue weighted by molar-refractivity contribution is 0.183. The Bertz CT molecular complexity index is 522. The molecule has 2 aromatic carbocycles. The highest BCUT2D eigenvalue weighted by atomic mass is 16.5. The van der Waals surface area contributed by atoms with Crippen molar-refractivity contribution < 1.29 is 9.84 Å². The number of hydrogen-bond donors (Lipinski definition) is 1. The van der Waals surface area contributed by atoms with E-state index in [2.05, 4.69) is 19.1 Å². The second kappa shape index (κ2) is 8.35. The molecule has 0 saturated carbocycles. The van der Waals surface area contributed by atoms with E-state index < -0.39 is 0 Å². The third-order valence-electron chi connectivity index (χ3n) is 3.63. The molecule has 21 heavy (non-hydrogen) atoms. The minimum Gasteiger partial charge on any atom is -0.504 e. The summed E-state index contributed by atoms with van der Waals surface area (Å²) in [6.07, 6.45) is 5.83. The summed E-state index contributed by atoms with van der Waals surface area (Å²) in [6, 6.07) is 17.4. The first-order chi connectivity index (χ1) is 10.3. The molecule has 2 aromatic rings. The summed E-state index contributed by atoms with van der Waals surface area (Å²) in [4.78, 5) is 0. The smallest absolute Gasteiger partial charge is 0.161 e. The van der Waals surface area contributed by atoms with Crippen LogP contribution in [0.3, 0.4) is 0 Å². The molecule has 0 aromatic heterocycles. The van der Waals surface area contributed by atoms with Gasteiger partial charge >= 0.3 is 0 Å². The highest BCUT2D eigenvalue weighted by molar-refractivity contribution is 5.38. The Morgan fingerprint density at radius 1 is 0.905 bits per heavy atom. The number of benzene rings is 2. The lowest BCUT2D eigenvalue weighted by Gasteiger charge is -2.20. The molecule has 0 spiro atoms. The number of para-hydroxylation sites is 2. The summed E-state index contributed by atoms with van der Waals surface area (Å²) in [5, 5.41) is 9.89. The van der Waals surface area contributed by atoms with E-state index >= 15 is 0 Å². The van der Waals surface area contributed by atoms with Crippen LogP contribution >= 0.6 is 0 Å². The molecule has 0 bridgehead atoms. The van der Waals surface area contributed by atoms with Gasteiger partial charge in [0, 0.05) is 0 Å². The highest BCUT2D eigenvalue weighted by Gasteiger charge is 2.14. The number of hydrogen-bond acceptors (Lipinski definition) is 2. The van der Waals surface area contributed by atoms with Gasteiger partial charge in [0.05, 0.1) is 0 Å². The molecular weight excluding hydrogens is 260 g/mol. The number of aromatic hydroxyl groups is 1. The maximum Gasteiger partial charge on any atom is 0.161 e.